The fourth-order valence-electron chi connectivity index (χ4n) is 3.27. The quantitative estimate of drug-likeness (QED) is 0.844. The number of ether oxygens (including phenoxy) is 2. The van der Waals surface area contributed by atoms with Crippen LogP contribution in [0.4, 0.5) is 8.78 Å². The Balaban J connectivity index is 1.36. The zero-order valence-electron chi connectivity index (χ0n) is 14.1. The zero-order valence-corrected chi connectivity index (χ0v) is 14.1. The molecule has 0 N–H and O–H groups in total. The highest BCUT2D eigenvalue weighted by Gasteiger charge is 2.23. The molecule has 2 aliphatic heterocycles. The average molecular weight is 360 g/mol. The molecule has 2 heterocycles. The van der Waals surface area contributed by atoms with Crippen molar-refractivity contribution in [3.05, 3.63) is 59.2 Å². The lowest BCUT2D eigenvalue weighted by Gasteiger charge is -2.34. The normalized spacial score (nSPS) is 16.8. The first-order chi connectivity index (χ1) is 12.6. The van der Waals surface area contributed by atoms with E-state index >= 15 is 0 Å². The second-order valence-corrected chi connectivity index (χ2v) is 6.41. The summed E-state index contributed by atoms with van der Waals surface area (Å²) in [5, 5.41) is 0. The molecule has 5 nitrogen and oxygen atoms in total. The Labute approximate surface area is 149 Å². The summed E-state index contributed by atoms with van der Waals surface area (Å²) in [6.07, 6.45) is 0. The fourth-order valence-corrected chi connectivity index (χ4v) is 3.27. The molecule has 0 unspecified atom stereocenters. The second kappa shape index (κ2) is 6.92. The molecule has 7 heteroatoms. The number of hydrogen-bond donors (Lipinski definition) is 0. The Morgan fingerprint density at radius 1 is 0.923 bits per heavy atom. The van der Waals surface area contributed by atoms with Gasteiger partial charge < -0.3 is 14.4 Å². The number of piperazine rings is 1. The molecule has 0 atom stereocenters. The third-order valence-electron chi connectivity index (χ3n) is 4.61. The molecule has 1 amide bonds. The maximum atomic E-state index is 13.3. The first kappa shape index (κ1) is 16.8. The molecule has 2 aliphatic rings. The van der Waals surface area contributed by atoms with Crippen LogP contribution in [0.25, 0.3) is 0 Å². The largest absolute Gasteiger partial charge is 0.454 e. The van der Waals surface area contributed by atoms with Gasteiger partial charge in [0.25, 0.3) is 5.91 Å². The summed E-state index contributed by atoms with van der Waals surface area (Å²) in [5.74, 6) is -0.313. The number of rotatable bonds is 3. The van der Waals surface area contributed by atoms with Gasteiger partial charge in [0.2, 0.25) is 6.79 Å². The van der Waals surface area contributed by atoms with E-state index in [9.17, 15) is 13.6 Å². The maximum absolute atomic E-state index is 13.3. The second-order valence-electron chi connectivity index (χ2n) is 6.41. The highest BCUT2D eigenvalue weighted by Crippen LogP contribution is 2.32. The fraction of sp³-hybridized carbons (Fsp3) is 0.316. The van der Waals surface area contributed by atoms with Crippen LogP contribution in [0.15, 0.2) is 36.4 Å². The summed E-state index contributed by atoms with van der Waals surface area (Å²) in [6.45, 7) is 3.41. The van der Waals surface area contributed by atoms with Crippen molar-refractivity contribution >= 4 is 5.91 Å². The molecule has 26 heavy (non-hydrogen) atoms. The summed E-state index contributed by atoms with van der Waals surface area (Å²) >= 11 is 0. The molecular formula is C19H18F2N2O3. The Morgan fingerprint density at radius 2 is 1.62 bits per heavy atom. The molecule has 1 saturated heterocycles. The zero-order chi connectivity index (χ0) is 18.1. The monoisotopic (exact) mass is 360 g/mol. The first-order valence-electron chi connectivity index (χ1n) is 8.45. The van der Waals surface area contributed by atoms with Crippen LogP contribution in [0.1, 0.15) is 15.9 Å². The van der Waals surface area contributed by atoms with Crippen molar-refractivity contribution in [2.75, 3.05) is 33.0 Å². The van der Waals surface area contributed by atoms with Gasteiger partial charge in [-0.3, -0.25) is 9.69 Å². The van der Waals surface area contributed by atoms with Crippen LogP contribution in [0.3, 0.4) is 0 Å². The first-order valence-corrected chi connectivity index (χ1v) is 8.45. The molecule has 0 saturated carbocycles. The van der Waals surface area contributed by atoms with Crippen LogP contribution < -0.4 is 9.47 Å². The summed E-state index contributed by atoms with van der Waals surface area (Å²) in [7, 11) is 0. The van der Waals surface area contributed by atoms with Crippen LogP contribution in [-0.4, -0.2) is 48.7 Å². The molecule has 4 rings (SSSR count). The van der Waals surface area contributed by atoms with Crippen LogP contribution >= 0.6 is 0 Å². The van der Waals surface area contributed by atoms with Crippen molar-refractivity contribution in [1.29, 1.82) is 0 Å². The van der Waals surface area contributed by atoms with E-state index in [2.05, 4.69) is 4.90 Å². The van der Waals surface area contributed by atoms with E-state index < -0.39 is 11.6 Å². The van der Waals surface area contributed by atoms with Crippen molar-refractivity contribution < 1.29 is 23.0 Å². The average Bonchev–Trinajstić information content (AvgIpc) is 3.09. The minimum atomic E-state index is -0.741. The van der Waals surface area contributed by atoms with Gasteiger partial charge in [-0.2, -0.15) is 0 Å². The molecule has 2 aromatic rings. The van der Waals surface area contributed by atoms with Gasteiger partial charge >= 0.3 is 0 Å². The topological polar surface area (TPSA) is 42.0 Å². The standard InChI is InChI=1S/C19H18F2N2O3/c20-15-8-14(9-16(21)10-15)19(24)23-5-3-22(4-6-23)11-13-1-2-17-18(7-13)26-12-25-17/h1-2,7-10H,3-6,11-12H2. The Hall–Kier alpha value is -2.67. The highest BCUT2D eigenvalue weighted by atomic mass is 19.1. The number of fused-ring (bicyclic) bond motifs is 1. The predicted octanol–water partition coefficient (Wildman–Crippen LogP) is 2.65. The summed E-state index contributed by atoms with van der Waals surface area (Å²) in [5.41, 5.74) is 1.16. The van der Waals surface area contributed by atoms with Crippen molar-refractivity contribution in [2.24, 2.45) is 0 Å². The van der Waals surface area contributed by atoms with Crippen molar-refractivity contribution in [3.63, 3.8) is 0 Å². The Kier molecular flexibility index (Phi) is 4.46. The van der Waals surface area contributed by atoms with Gasteiger partial charge in [-0.1, -0.05) is 6.07 Å². The number of benzene rings is 2. The minimum absolute atomic E-state index is 0.0479. The summed E-state index contributed by atoms with van der Waals surface area (Å²) in [6, 6.07) is 8.78. The van der Waals surface area contributed by atoms with Crippen LogP contribution in [0.2, 0.25) is 0 Å². The smallest absolute Gasteiger partial charge is 0.254 e. The SMILES string of the molecule is O=C(c1cc(F)cc(F)c1)N1CCN(Cc2ccc3c(c2)OCO3)CC1. The van der Waals surface area contributed by atoms with E-state index in [1.165, 1.54) is 0 Å². The van der Waals surface area contributed by atoms with Crippen LogP contribution in [-0.2, 0) is 6.54 Å². The highest BCUT2D eigenvalue weighted by molar-refractivity contribution is 5.94. The van der Waals surface area contributed by atoms with E-state index in [0.29, 0.717) is 26.2 Å². The lowest BCUT2D eigenvalue weighted by Crippen LogP contribution is -2.48. The van der Waals surface area contributed by atoms with Crippen molar-refractivity contribution in [3.8, 4) is 11.5 Å². The van der Waals surface area contributed by atoms with Crippen molar-refractivity contribution in [2.45, 2.75) is 6.54 Å². The molecule has 0 bridgehead atoms. The molecular weight excluding hydrogens is 342 g/mol. The van der Waals surface area contributed by atoms with Gasteiger partial charge in [0.05, 0.1) is 0 Å². The van der Waals surface area contributed by atoms with E-state index in [0.717, 1.165) is 41.8 Å². The lowest BCUT2D eigenvalue weighted by atomic mass is 10.1. The minimum Gasteiger partial charge on any atom is -0.454 e. The number of hydrogen-bond acceptors (Lipinski definition) is 4. The summed E-state index contributed by atoms with van der Waals surface area (Å²) < 4.78 is 37.3. The van der Waals surface area contributed by atoms with Gasteiger partial charge in [-0.15, -0.1) is 0 Å². The number of carbonyl (C=O) groups is 1. The van der Waals surface area contributed by atoms with Gasteiger partial charge in [0.15, 0.2) is 11.5 Å². The number of halogens is 2. The van der Waals surface area contributed by atoms with Crippen LogP contribution in [0.5, 0.6) is 11.5 Å². The molecule has 0 aliphatic carbocycles. The summed E-state index contributed by atoms with van der Waals surface area (Å²) in [4.78, 5) is 16.3. The van der Waals surface area contributed by atoms with E-state index in [1.54, 1.807) is 4.90 Å². The van der Waals surface area contributed by atoms with Gasteiger partial charge in [0, 0.05) is 44.4 Å². The molecule has 0 spiro atoms. The Bertz CT molecular complexity index is 815. The van der Waals surface area contributed by atoms with Crippen LogP contribution in [0, 0.1) is 11.6 Å². The molecule has 0 radical (unpaired) electrons. The molecule has 0 aromatic heterocycles. The molecule has 2 aromatic carbocycles. The van der Waals surface area contributed by atoms with Crippen molar-refractivity contribution in [1.82, 2.24) is 9.80 Å². The lowest BCUT2D eigenvalue weighted by molar-refractivity contribution is 0.0627. The number of carbonyl (C=O) groups excluding carboxylic acids is 1. The Morgan fingerprint density at radius 3 is 2.35 bits per heavy atom. The number of amides is 1. The van der Waals surface area contributed by atoms with Gasteiger partial charge in [-0.05, 0) is 29.8 Å². The van der Waals surface area contributed by atoms with Gasteiger partial charge in [0.1, 0.15) is 11.6 Å². The molecule has 1 fully saturated rings. The molecule has 136 valence electrons. The van der Waals surface area contributed by atoms with E-state index in [-0.39, 0.29) is 18.3 Å². The van der Waals surface area contributed by atoms with E-state index in [4.69, 9.17) is 9.47 Å². The van der Waals surface area contributed by atoms with Gasteiger partial charge in [-0.25, -0.2) is 8.78 Å². The predicted molar refractivity (Wildman–Crippen MR) is 90.1 cm³/mol. The van der Waals surface area contributed by atoms with E-state index in [1.807, 2.05) is 18.2 Å². The third-order valence-corrected chi connectivity index (χ3v) is 4.61. The number of nitrogens with zero attached hydrogens (tertiary/aromatic N) is 2. The maximum Gasteiger partial charge on any atom is 0.254 e. The third kappa shape index (κ3) is 3.48.